The highest BCUT2D eigenvalue weighted by Gasteiger charge is 2.27. The molecule has 0 aliphatic heterocycles. The van der Waals surface area contributed by atoms with E-state index in [1.165, 1.54) is 44.9 Å². The summed E-state index contributed by atoms with van der Waals surface area (Å²) < 4.78 is 0. The van der Waals surface area contributed by atoms with Crippen molar-refractivity contribution in [2.75, 3.05) is 0 Å². The Hall–Kier alpha value is -1.04. The van der Waals surface area contributed by atoms with Gasteiger partial charge in [0.15, 0.2) is 0 Å². The Balaban J connectivity index is 2.83. The summed E-state index contributed by atoms with van der Waals surface area (Å²) in [5, 5.41) is 0. The summed E-state index contributed by atoms with van der Waals surface area (Å²) in [5.74, 6) is 0. The lowest BCUT2D eigenvalue weighted by Gasteiger charge is -2.23. The smallest absolute Gasteiger partial charge is 0.00522 e. The molecular formula is C21H32. The van der Waals surface area contributed by atoms with E-state index < -0.39 is 0 Å². The van der Waals surface area contributed by atoms with Crippen molar-refractivity contribution in [3.05, 3.63) is 39.0 Å². The molecule has 0 radical (unpaired) electrons. The summed E-state index contributed by atoms with van der Waals surface area (Å²) >= 11 is 0. The normalized spacial score (nSPS) is 14.0. The predicted molar refractivity (Wildman–Crippen MR) is 95.2 cm³/mol. The highest BCUT2D eigenvalue weighted by Crippen LogP contribution is 2.43. The number of rotatable bonds is 6. The van der Waals surface area contributed by atoms with E-state index in [0.717, 1.165) is 0 Å². The minimum atomic E-state index is 1.18. The first kappa shape index (κ1) is 16.3. The minimum absolute atomic E-state index is 1.18. The Morgan fingerprint density at radius 1 is 0.571 bits per heavy atom. The van der Waals surface area contributed by atoms with E-state index in [4.69, 9.17) is 0 Å². The van der Waals surface area contributed by atoms with Crippen LogP contribution in [0.5, 0.6) is 0 Å². The van der Waals surface area contributed by atoms with Crippen LogP contribution >= 0.6 is 0 Å². The van der Waals surface area contributed by atoms with Gasteiger partial charge in [-0.15, -0.1) is 0 Å². The van der Waals surface area contributed by atoms with Gasteiger partial charge in [-0.25, -0.2) is 0 Å². The first-order chi connectivity index (χ1) is 10.2. The molecule has 0 spiro atoms. The minimum Gasteiger partial charge on any atom is -0.0623 e. The standard InChI is InChI=1S/C21H32/c1-7-14-13-20-18(11-5)16(9-3)17(10-4)19(12-6)21(20)15(14)8-2/h7-13H2,1-6H3. The number of hydrogen-bond acceptors (Lipinski definition) is 0. The van der Waals surface area contributed by atoms with Crippen LogP contribution in [-0.2, 0) is 32.1 Å². The van der Waals surface area contributed by atoms with Gasteiger partial charge in [-0.1, -0.05) is 47.1 Å². The average Bonchev–Trinajstić information content (AvgIpc) is 2.90. The zero-order valence-electron chi connectivity index (χ0n) is 14.9. The van der Waals surface area contributed by atoms with Crippen LogP contribution in [0.25, 0.3) is 5.57 Å². The topological polar surface area (TPSA) is 0 Å². The van der Waals surface area contributed by atoms with Crippen LogP contribution in [0, 0.1) is 0 Å². The lowest BCUT2D eigenvalue weighted by Crippen LogP contribution is -2.09. The Kier molecular flexibility index (Phi) is 5.30. The maximum absolute atomic E-state index is 2.34. The Morgan fingerprint density at radius 3 is 1.52 bits per heavy atom. The molecule has 0 bridgehead atoms. The van der Waals surface area contributed by atoms with Gasteiger partial charge in [-0.3, -0.25) is 0 Å². The summed E-state index contributed by atoms with van der Waals surface area (Å²) in [6.45, 7) is 14.0. The molecule has 21 heavy (non-hydrogen) atoms. The van der Waals surface area contributed by atoms with E-state index >= 15 is 0 Å². The highest BCUT2D eigenvalue weighted by molar-refractivity contribution is 5.81. The summed E-state index contributed by atoms with van der Waals surface area (Å²) in [6, 6.07) is 0. The van der Waals surface area contributed by atoms with Gasteiger partial charge in [-0.05, 0) is 83.9 Å². The van der Waals surface area contributed by atoms with Crippen LogP contribution in [0.2, 0.25) is 0 Å². The van der Waals surface area contributed by atoms with Crippen molar-refractivity contribution in [3.8, 4) is 0 Å². The van der Waals surface area contributed by atoms with Crippen molar-refractivity contribution in [3.63, 3.8) is 0 Å². The molecule has 0 amide bonds. The van der Waals surface area contributed by atoms with E-state index in [9.17, 15) is 0 Å². The van der Waals surface area contributed by atoms with Crippen molar-refractivity contribution in [2.45, 2.75) is 86.5 Å². The number of allylic oxidation sites excluding steroid dienone is 2. The maximum atomic E-state index is 2.34. The predicted octanol–water partition coefficient (Wildman–Crippen LogP) is 6.07. The fourth-order valence-corrected chi connectivity index (χ4v) is 4.52. The first-order valence-corrected chi connectivity index (χ1v) is 9.07. The van der Waals surface area contributed by atoms with E-state index in [2.05, 4.69) is 41.5 Å². The molecule has 0 N–H and O–H groups in total. The van der Waals surface area contributed by atoms with Gasteiger partial charge in [0, 0.05) is 0 Å². The molecule has 1 aromatic rings. The Bertz CT molecular complexity index is 558. The molecule has 0 fully saturated rings. The van der Waals surface area contributed by atoms with Crippen molar-refractivity contribution in [1.29, 1.82) is 0 Å². The summed E-state index contributed by atoms with van der Waals surface area (Å²) in [5.41, 5.74) is 13.4. The molecule has 0 saturated heterocycles. The second-order valence-electron chi connectivity index (χ2n) is 6.15. The zero-order chi connectivity index (χ0) is 15.6. The Morgan fingerprint density at radius 2 is 1.10 bits per heavy atom. The third-order valence-electron chi connectivity index (χ3n) is 5.37. The summed E-state index contributed by atoms with van der Waals surface area (Å²) in [7, 11) is 0. The van der Waals surface area contributed by atoms with Gasteiger partial charge in [0.1, 0.15) is 0 Å². The van der Waals surface area contributed by atoms with Crippen molar-refractivity contribution in [2.24, 2.45) is 0 Å². The van der Waals surface area contributed by atoms with Crippen LogP contribution < -0.4 is 0 Å². The lowest BCUT2D eigenvalue weighted by atomic mass is 9.82. The molecule has 0 nitrogen and oxygen atoms in total. The highest BCUT2D eigenvalue weighted by atomic mass is 14.3. The van der Waals surface area contributed by atoms with Crippen molar-refractivity contribution in [1.82, 2.24) is 0 Å². The van der Waals surface area contributed by atoms with E-state index in [1.807, 2.05) is 0 Å². The monoisotopic (exact) mass is 284 g/mol. The largest absolute Gasteiger partial charge is 0.0623 e. The molecular weight excluding hydrogens is 252 g/mol. The van der Waals surface area contributed by atoms with Crippen LogP contribution in [0.4, 0.5) is 0 Å². The first-order valence-electron chi connectivity index (χ1n) is 9.07. The van der Waals surface area contributed by atoms with Gasteiger partial charge in [0.2, 0.25) is 0 Å². The third-order valence-corrected chi connectivity index (χ3v) is 5.37. The van der Waals surface area contributed by atoms with Crippen LogP contribution in [0.3, 0.4) is 0 Å². The van der Waals surface area contributed by atoms with Crippen LogP contribution in [0.15, 0.2) is 5.57 Å². The van der Waals surface area contributed by atoms with Gasteiger partial charge in [0.05, 0.1) is 0 Å². The van der Waals surface area contributed by atoms with E-state index in [1.54, 1.807) is 44.5 Å². The van der Waals surface area contributed by atoms with Crippen molar-refractivity contribution >= 4 is 5.57 Å². The average molecular weight is 284 g/mol. The molecule has 1 aliphatic rings. The van der Waals surface area contributed by atoms with Crippen molar-refractivity contribution < 1.29 is 0 Å². The third kappa shape index (κ3) is 2.47. The summed E-state index contributed by atoms with van der Waals surface area (Å²) in [6.07, 6.45) is 8.39. The molecule has 1 aliphatic carbocycles. The molecule has 2 rings (SSSR count). The van der Waals surface area contributed by atoms with Gasteiger partial charge < -0.3 is 0 Å². The quantitative estimate of drug-likeness (QED) is 0.595. The molecule has 0 heterocycles. The van der Waals surface area contributed by atoms with Crippen LogP contribution in [0.1, 0.15) is 87.8 Å². The van der Waals surface area contributed by atoms with E-state index in [-0.39, 0.29) is 0 Å². The fraction of sp³-hybridized carbons (Fsp3) is 0.619. The summed E-state index contributed by atoms with van der Waals surface area (Å²) in [4.78, 5) is 0. The van der Waals surface area contributed by atoms with E-state index in [0.29, 0.717) is 0 Å². The SMILES string of the molecule is CCC1=C(CC)c2c(CC)c(CC)c(CC)c(CC)c2C1. The zero-order valence-corrected chi connectivity index (χ0v) is 14.9. The molecule has 0 unspecified atom stereocenters. The fourth-order valence-electron chi connectivity index (χ4n) is 4.52. The number of hydrogen-bond donors (Lipinski definition) is 0. The second kappa shape index (κ2) is 6.81. The molecule has 0 saturated carbocycles. The molecule has 0 heteroatoms. The molecule has 1 aromatic carbocycles. The van der Waals surface area contributed by atoms with Crippen LogP contribution in [-0.4, -0.2) is 0 Å². The molecule has 116 valence electrons. The Labute approximate surface area is 131 Å². The second-order valence-corrected chi connectivity index (χ2v) is 6.15. The van der Waals surface area contributed by atoms with Gasteiger partial charge in [-0.2, -0.15) is 0 Å². The molecule has 0 atom stereocenters. The molecule has 0 aromatic heterocycles. The van der Waals surface area contributed by atoms with Gasteiger partial charge in [0.25, 0.3) is 0 Å². The lowest BCUT2D eigenvalue weighted by molar-refractivity contribution is 0.916. The number of benzene rings is 1. The maximum Gasteiger partial charge on any atom is -0.00522 e. The van der Waals surface area contributed by atoms with Gasteiger partial charge >= 0.3 is 0 Å². The number of fused-ring (bicyclic) bond motifs is 1.